The standard InChI is InChI=1S/C55H76N5O4P/c1-38(2)60(39(3)4)65(63-33-21-29-56)62-32-20-11-10-19-30-57-49(61)26-13-12-18-28-55(9)45-23-15-17-25-47(45)58-31-27-40-36-48-41(34-42(40)51(55)58)35-43-50-54(7,8)44-22-14-16-24-46(44)59(50)37-53(5,6)52(43)64-48/h14-17,22-25,34-35,38-40,48,52H,10-13,18-21,26-28,30-33,36-37H2,1-9H3/p+1/t40-,48+,52+,55?,65?/m0/s1. The number of nitrogens with one attached hydrogen (secondary N) is 1. The van der Waals surface area contributed by atoms with Crippen LogP contribution in [0.4, 0.5) is 11.4 Å². The van der Waals surface area contributed by atoms with Gasteiger partial charge in [-0.3, -0.25) is 4.79 Å². The number of para-hydroxylation sites is 2. The Morgan fingerprint density at radius 2 is 1.63 bits per heavy atom. The Morgan fingerprint density at radius 1 is 0.923 bits per heavy atom. The number of carbonyl (C=O) groups is 1. The zero-order valence-corrected chi connectivity index (χ0v) is 41.9. The Hall–Kier alpha value is -3.64. The van der Waals surface area contributed by atoms with Gasteiger partial charge < -0.3 is 24.0 Å². The van der Waals surface area contributed by atoms with Gasteiger partial charge in [0.2, 0.25) is 11.6 Å². The van der Waals surface area contributed by atoms with E-state index in [9.17, 15) is 4.79 Å². The number of rotatable bonds is 20. The fourth-order valence-corrected chi connectivity index (χ4v) is 13.9. The molecular formula is C55H77N5O4P+. The number of amides is 1. The van der Waals surface area contributed by atoms with Gasteiger partial charge in [-0.25, -0.2) is 4.67 Å². The third-order valence-corrected chi connectivity index (χ3v) is 17.3. The molecule has 0 saturated heterocycles. The van der Waals surface area contributed by atoms with E-state index in [2.05, 4.69) is 149 Å². The van der Waals surface area contributed by atoms with Gasteiger partial charge in [-0.1, -0.05) is 82.0 Å². The molecule has 1 aliphatic carbocycles. The minimum Gasteiger partial charge on any atom is -0.365 e. The molecule has 5 heterocycles. The van der Waals surface area contributed by atoms with E-state index in [1.807, 2.05) is 0 Å². The highest BCUT2D eigenvalue weighted by Gasteiger charge is 2.58. The van der Waals surface area contributed by atoms with Crippen molar-refractivity contribution in [2.45, 2.75) is 174 Å². The van der Waals surface area contributed by atoms with Gasteiger partial charge in [-0.15, -0.1) is 0 Å². The van der Waals surface area contributed by atoms with Crippen molar-refractivity contribution in [3.05, 3.63) is 94.2 Å². The van der Waals surface area contributed by atoms with Gasteiger partial charge in [0.25, 0.3) is 8.53 Å². The first-order chi connectivity index (χ1) is 31.2. The average molecular weight is 903 g/mol. The molecule has 6 aliphatic rings. The molecule has 0 fully saturated rings. The van der Waals surface area contributed by atoms with E-state index in [4.69, 9.17) is 19.0 Å². The number of anilines is 1. The van der Waals surface area contributed by atoms with Gasteiger partial charge in [-0.05, 0) is 122 Å². The predicted molar refractivity (Wildman–Crippen MR) is 264 cm³/mol. The zero-order valence-electron chi connectivity index (χ0n) is 41.1. The monoisotopic (exact) mass is 903 g/mol. The maximum Gasteiger partial charge on any atom is 0.259 e. The number of hydrogen-bond acceptors (Lipinski definition) is 7. The van der Waals surface area contributed by atoms with Gasteiger partial charge >= 0.3 is 0 Å². The molecule has 350 valence electrons. The SMILES string of the molecule is CC(C)N(C(C)C)P(OCCC#N)OCCCCCCNC(=O)CCCCCC1(C)C2=C3C=C4C=C5C6=[N+](CC(C)(C)[C@@H]5O[C@@H]4C[C@@H]3CCN2c2ccccc21)c1ccccc1C6(C)C. The molecule has 10 heteroatoms. The third kappa shape index (κ3) is 9.47. The first-order valence-corrected chi connectivity index (χ1v) is 26.2. The molecule has 1 N–H and O–H groups in total. The molecule has 0 bridgehead atoms. The molecule has 2 aromatic carbocycles. The van der Waals surface area contributed by atoms with E-state index < -0.39 is 8.53 Å². The molecule has 0 radical (unpaired) electrons. The summed E-state index contributed by atoms with van der Waals surface area (Å²) >= 11 is 0. The summed E-state index contributed by atoms with van der Waals surface area (Å²) in [6.45, 7) is 24.5. The maximum atomic E-state index is 12.9. The van der Waals surface area contributed by atoms with Gasteiger partial charge in [-0.2, -0.15) is 9.84 Å². The molecule has 2 aromatic rings. The fourth-order valence-electron chi connectivity index (χ4n) is 12.3. The number of hydrogen-bond donors (Lipinski definition) is 1. The quantitative estimate of drug-likeness (QED) is 0.0804. The lowest BCUT2D eigenvalue weighted by atomic mass is 9.67. The van der Waals surface area contributed by atoms with Gasteiger partial charge in [0, 0.05) is 65.6 Å². The van der Waals surface area contributed by atoms with E-state index in [0.29, 0.717) is 44.1 Å². The van der Waals surface area contributed by atoms with E-state index in [0.717, 1.165) is 83.8 Å². The van der Waals surface area contributed by atoms with Crippen LogP contribution in [0.5, 0.6) is 0 Å². The number of carbonyl (C=O) groups excluding carboxylic acids is 1. The van der Waals surface area contributed by atoms with Crippen LogP contribution < -0.4 is 10.2 Å². The van der Waals surface area contributed by atoms with Crippen LogP contribution in [-0.4, -0.2) is 78.0 Å². The number of fused-ring (bicyclic) bond motifs is 9. The molecule has 8 rings (SSSR count). The second-order valence-electron chi connectivity index (χ2n) is 21.5. The molecule has 0 spiro atoms. The average Bonchev–Trinajstić information content (AvgIpc) is 3.66. The van der Waals surface area contributed by atoms with Crippen LogP contribution in [0.25, 0.3) is 0 Å². The highest BCUT2D eigenvalue weighted by molar-refractivity contribution is 7.44. The van der Waals surface area contributed by atoms with Crippen LogP contribution in [0.15, 0.2) is 83.1 Å². The molecule has 5 aliphatic heterocycles. The van der Waals surface area contributed by atoms with Crippen molar-refractivity contribution in [2.24, 2.45) is 11.3 Å². The first kappa shape index (κ1) is 47.8. The number of benzene rings is 2. The molecule has 9 nitrogen and oxygen atoms in total. The van der Waals surface area contributed by atoms with Crippen LogP contribution in [0.2, 0.25) is 0 Å². The lowest BCUT2D eigenvalue weighted by Gasteiger charge is -2.47. The molecule has 2 unspecified atom stereocenters. The number of unbranched alkanes of at least 4 members (excludes halogenated alkanes) is 5. The van der Waals surface area contributed by atoms with Crippen LogP contribution in [0.3, 0.4) is 0 Å². The van der Waals surface area contributed by atoms with Crippen LogP contribution in [-0.2, 0) is 29.4 Å². The molecule has 1 amide bonds. The van der Waals surface area contributed by atoms with Crippen molar-refractivity contribution >= 4 is 31.5 Å². The normalized spacial score (nSPS) is 25.0. The summed E-state index contributed by atoms with van der Waals surface area (Å²) in [5.41, 5.74) is 12.6. The second-order valence-corrected chi connectivity index (χ2v) is 23.0. The predicted octanol–water partition coefficient (Wildman–Crippen LogP) is 12.1. The van der Waals surface area contributed by atoms with Crippen LogP contribution >= 0.6 is 8.53 Å². The van der Waals surface area contributed by atoms with Gasteiger partial charge in [0.05, 0.1) is 42.6 Å². The number of nitrogens with zero attached hydrogens (tertiary/aromatic N) is 4. The minimum atomic E-state index is -1.19. The van der Waals surface area contributed by atoms with E-state index in [-0.39, 0.29) is 34.4 Å². The fraction of sp³-hybridized carbons (Fsp3) is 0.618. The number of allylic oxidation sites excluding steroid dienone is 3. The van der Waals surface area contributed by atoms with E-state index in [1.54, 1.807) is 0 Å². The lowest BCUT2D eigenvalue weighted by molar-refractivity contribution is -0.466. The lowest BCUT2D eigenvalue weighted by Crippen LogP contribution is -2.53. The Labute approximate surface area is 392 Å². The smallest absolute Gasteiger partial charge is 0.259 e. The maximum absolute atomic E-state index is 12.9. The highest BCUT2D eigenvalue weighted by Crippen LogP contribution is 2.58. The molecule has 5 atom stereocenters. The summed E-state index contributed by atoms with van der Waals surface area (Å²) in [7, 11) is -1.19. The Balaban J connectivity index is 0.869. The highest BCUT2D eigenvalue weighted by atomic mass is 31.2. The summed E-state index contributed by atoms with van der Waals surface area (Å²) in [4.78, 5) is 15.6. The largest absolute Gasteiger partial charge is 0.365 e. The Kier molecular flexibility index (Phi) is 14.7. The summed E-state index contributed by atoms with van der Waals surface area (Å²) in [5, 5.41) is 12.2. The molecule has 65 heavy (non-hydrogen) atoms. The number of nitriles is 1. The summed E-state index contributed by atoms with van der Waals surface area (Å²) < 4.78 is 24.4. The minimum absolute atomic E-state index is 0.0225. The van der Waals surface area contributed by atoms with Gasteiger partial charge in [0.1, 0.15) is 6.10 Å². The van der Waals surface area contributed by atoms with Crippen molar-refractivity contribution in [3.63, 3.8) is 0 Å². The van der Waals surface area contributed by atoms with Crippen molar-refractivity contribution in [1.29, 1.82) is 5.26 Å². The van der Waals surface area contributed by atoms with Crippen molar-refractivity contribution in [1.82, 2.24) is 9.99 Å². The molecule has 0 aromatic heterocycles. The first-order valence-electron chi connectivity index (χ1n) is 25.1. The van der Waals surface area contributed by atoms with Gasteiger partial charge in [0.15, 0.2) is 12.3 Å². The van der Waals surface area contributed by atoms with E-state index in [1.165, 1.54) is 50.6 Å². The van der Waals surface area contributed by atoms with Crippen molar-refractivity contribution < 1.29 is 23.2 Å². The summed E-state index contributed by atoms with van der Waals surface area (Å²) in [6, 6.07) is 20.9. The van der Waals surface area contributed by atoms with Crippen molar-refractivity contribution in [2.75, 3.05) is 37.7 Å². The molecule has 0 saturated carbocycles. The van der Waals surface area contributed by atoms with Crippen molar-refractivity contribution in [3.8, 4) is 6.07 Å². The van der Waals surface area contributed by atoms with E-state index >= 15 is 0 Å². The summed E-state index contributed by atoms with van der Waals surface area (Å²) in [5.74, 6) is 0.652. The number of ether oxygens (including phenoxy) is 1. The second kappa shape index (κ2) is 19.9. The Morgan fingerprint density at radius 3 is 2.40 bits per heavy atom. The van der Waals surface area contributed by atoms with Crippen LogP contribution in [0, 0.1) is 22.7 Å². The molecular weight excluding hydrogens is 826 g/mol. The third-order valence-electron chi connectivity index (χ3n) is 15.2. The zero-order chi connectivity index (χ0) is 46.1. The van der Waals surface area contributed by atoms with Crippen LogP contribution in [0.1, 0.15) is 150 Å². The summed E-state index contributed by atoms with van der Waals surface area (Å²) in [6.07, 6.45) is 16.6. The Bertz CT molecular complexity index is 2240. The topological polar surface area (TPSA) is 90.1 Å².